The summed E-state index contributed by atoms with van der Waals surface area (Å²) in [5.74, 6) is 0.0909. The van der Waals surface area contributed by atoms with Gasteiger partial charge in [0.05, 0.1) is 4.91 Å². The number of thioether (sulfide) groups is 1. The van der Waals surface area contributed by atoms with Gasteiger partial charge in [0.15, 0.2) is 0 Å². The zero-order valence-electron chi connectivity index (χ0n) is 15.2. The van der Waals surface area contributed by atoms with Crippen molar-refractivity contribution in [3.8, 4) is 0 Å². The molecule has 6 heteroatoms. The fraction of sp³-hybridized carbons (Fsp3) is 0.450. The second kappa shape index (κ2) is 8.08. The Bertz CT molecular complexity index is 736. The van der Waals surface area contributed by atoms with Gasteiger partial charge >= 0.3 is 0 Å². The van der Waals surface area contributed by atoms with Crippen molar-refractivity contribution in [2.75, 3.05) is 5.32 Å². The van der Waals surface area contributed by atoms with Crippen LogP contribution in [0.5, 0.6) is 0 Å². The lowest BCUT2D eigenvalue weighted by Crippen LogP contribution is -2.42. The largest absolute Gasteiger partial charge is 0.326 e. The molecular formula is C20H24N2O3S. The highest BCUT2D eigenvalue weighted by Gasteiger charge is 2.40. The molecule has 1 heterocycles. The van der Waals surface area contributed by atoms with Crippen LogP contribution < -0.4 is 5.32 Å². The Morgan fingerprint density at radius 2 is 1.85 bits per heavy atom. The van der Waals surface area contributed by atoms with E-state index in [4.69, 9.17) is 0 Å². The highest BCUT2D eigenvalue weighted by Crippen LogP contribution is 2.38. The number of hydrogen-bond donors (Lipinski definition) is 1. The molecule has 26 heavy (non-hydrogen) atoms. The summed E-state index contributed by atoms with van der Waals surface area (Å²) in [5.41, 5.74) is 1.53. The Hall–Kier alpha value is -2.08. The lowest BCUT2D eigenvalue weighted by Gasteiger charge is -2.32. The van der Waals surface area contributed by atoms with E-state index in [-0.39, 0.29) is 23.1 Å². The second-order valence-electron chi connectivity index (χ2n) is 6.99. The van der Waals surface area contributed by atoms with E-state index in [2.05, 4.69) is 5.32 Å². The molecule has 1 atom stereocenters. The Balaban J connectivity index is 1.73. The van der Waals surface area contributed by atoms with Crippen molar-refractivity contribution in [3.63, 3.8) is 0 Å². The molecule has 1 aliphatic carbocycles. The average Bonchev–Trinajstić information content (AvgIpc) is 2.90. The van der Waals surface area contributed by atoms with Crippen LogP contribution in [0.1, 0.15) is 51.5 Å². The van der Waals surface area contributed by atoms with Crippen molar-refractivity contribution >= 4 is 40.6 Å². The topological polar surface area (TPSA) is 66.5 Å². The number of carbonyl (C=O) groups excluding carboxylic acids is 3. The molecule has 3 amide bonds. The molecule has 0 radical (unpaired) electrons. The molecule has 1 saturated heterocycles. The molecule has 1 N–H and O–H groups in total. The van der Waals surface area contributed by atoms with Crippen molar-refractivity contribution in [1.82, 2.24) is 4.90 Å². The normalized spacial score (nSPS) is 21.3. The predicted molar refractivity (Wildman–Crippen MR) is 105 cm³/mol. The zero-order chi connectivity index (χ0) is 18.7. The smallest absolute Gasteiger partial charge is 0.293 e. The van der Waals surface area contributed by atoms with Gasteiger partial charge in [0.1, 0.15) is 0 Å². The van der Waals surface area contributed by atoms with E-state index in [1.54, 1.807) is 18.2 Å². The number of hydrogen-bond acceptors (Lipinski definition) is 4. The minimum absolute atomic E-state index is 0.0455. The number of carbonyl (C=O) groups is 3. The Morgan fingerprint density at radius 1 is 1.19 bits per heavy atom. The zero-order valence-corrected chi connectivity index (χ0v) is 16.0. The molecular weight excluding hydrogens is 348 g/mol. The van der Waals surface area contributed by atoms with Gasteiger partial charge in [-0.25, -0.2) is 0 Å². The number of anilines is 1. The van der Waals surface area contributed by atoms with Crippen LogP contribution in [0.4, 0.5) is 10.5 Å². The van der Waals surface area contributed by atoms with Gasteiger partial charge in [-0.3, -0.25) is 19.3 Å². The third-order valence-corrected chi connectivity index (χ3v) is 5.98. The van der Waals surface area contributed by atoms with Gasteiger partial charge < -0.3 is 5.32 Å². The Labute approximate surface area is 158 Å². The first-order valence-corrected chi connectivity index (χ1v) is 9.92. The SMILES string of the molecule is CC(=O)Nc1ccc(C=C2SC(=O)N(C(C)C3CCCCC3)C2=O)cc1. The average molecular weight is 372 g/mol. The summed E-state index contributed by atoms with van der Waals surface area (Å²) < 4.78 is 0. The van der Waals surface area contributed by atoms with E-state index < -0.39 is 0 Å². The number of rotatable bonds is 4. The van der Waals surface area contributed by atoms with E-state index in [1.165, 1.54) is 31.1 Å². The maximum Gasteiger partial charge on any atom is 0.293 e. The minimum Gasteiger partial charge on any atom is -0.326 e. The number of imide groups is 1. The summed E-state index contributed by atoms with van der Waals surface area (Å²) in [6, 6.07) is 7.16. The van der Waals surface area contributed by atoms with Gasteiger partial charge in [-0.15, -0.1) is 0 Å². The maximum atomic E-state index is 12.8. The summed E-state index contributed by atoms with van der Waals surface area (Å²) in [5, 5.41) is 2.53. The first-order chi connectivity index (χ1) is 12.5. The molecule has 1 aromatic rings. The molecule has 0 aromatic heterocycles. The maximum absolute atomic E-state index is 12.8. The summed E-state index contributed by atoms with van der Waals surface area (Å²) in [6.45, 7) is 3.45. The summed E-state index contributed by atoms with van der Waals surface area (Å²) in [7, 11) is 0. The summed E-state index contributed by atoms with van der Waals surface area (Å²) in [4.78, 5) is 38.2. The lowest BCUT2D eigenvalue weighted by molar-refractivity contribution is -0.125. The molecule has 1 saturated carbocycles. The first-order valence-electron chi connectivity index (χ1n) is 9.10. The quantitative estimate of drug-likeness (QED) is 0.781. The van der Waals surface area contributed by atoms with E-state index in [0.29, 0.717) is 16.5 Å². The van der Waals surface area contributed by atoms with Crippen LogP contribution in [0.15, 0.2) is 29.2 Å². The summed E-state index contributed by atoms with van der Waals surface area (Å²) >= 11 is 1.01. The number of amides is 3. The highest BCUT2D eigenvalue weighted by molar-refractivity contribution is 8.18. The van der Waals surface area contributed by atoms with Crippen LogP contribution >= 0.6 is 11.8 Å². The van der Waals surface area contributed by atoms with Crippen molar-refractivity contribution in [3.05, 3.63) is 34.7 Å². The molecule has 0 spiro atoms. The van der Waals surface area contributed by atoms with Gasteiger partial charge in [0, 0.05) is 18.7 Å². The monoisotopic (exact) mass is 372 g/mol. The van der Waals surface area contributed by atoms with Gasteiger partial charge in [-0.1, -0.05) is 31.4 Å². The Kier molecular flexibility index (Phi) is 5.81. The molecule has 1 unspecified atom stereocenters. The van der Waals surface area contributed by atoms with Crippen LogP contribution in [0.3, 0.4) is 0 Å². The van der Waals surface area contributed by atoms with E-state index in [1.807, 2.05) is 19.1 Å². The second-order valence-corrected chi connectivity index (χ2v) is 7.99. The van der Waals surface area contributed by atoms with Crippen LogP contribution in [-0.4, -0.2) is 28.0 Å². The molecule has 1 aliphatic heterocycles. The lowest BCUT2D eigenvalue weighted by atomic mass is 9.84. The van der Waals surface area contributed by atoms with E-state index in [9.17, 15) is 14.4 Å². The highest BCUT2D eigenvalue weighted by atomic mass is 32.2. The fourth-order valence-electron chi connectivity index (χ4n) is 3.68. The fourth-order valence-corrected chi connectivity index (χ4v) is 4.59. The number of benzene rings is 1. The van der Waals surface area contributed by atoms with Crippen molar-refractivity contribution in [2.24, 2.45) is 5.92 Å². The molecule has 1 aromatic carbocycles. The third-order valence-electron chi connectivity index (χ3n) is 5.09. The van der Waals surface area contributed by atoms with Crippen LogP contribution in [-0.2, 0) is 9.59 Å². The van der Waals surface area contributed by atoms with E-state index >= 15 is 0 Å². The molecule has 5 nitrogen and oxygen atoms in total. The predicted octanol–water partition coefficient (Wildman–Crippen LogP) is 4.65. The van der Waals surface area contributed by atoms with Gasteiger partial charge in [0.25, 0.3) is 11.1 Å². The van der Waals surface area contributed by atoms with Crippen LogP contribution in [0.25, 0.3) is 6.08 Å². The van der Waals surface area contributed by atoms with Gasteiger partial charge in [-0.2, -0.15) is 0 Å². The molecule has 2 fully saturated rings. The van der Waals surface area contributed by atoms with Crippen LogP contribution in [0.2, 0.25) is 0 Å². The van der Waals surface area contributed by atoms with Gasteiger partial charge in [-0.05, 0) is 61.2 Å². The molecule has 2 aliphatic rings. The van der Waals surface area contributed by atoms with Crippen molar-refractivity contribution < 1.29 is 14.4 Å². The molecule has 3 rings (SSSR count). The van der Waals surface area contributed by atoms with Crippen molar-refractivity contribution in [1.29, 1.82) is 0 Å². The van der Waals surface area contributed by atoms with Crippen molar-refractivity contribution in [2.45, 2.75) is 52.0 Å². The Morgan fingerprint density at radius 3 is 2.46 bits per heavy atom. The third kappa shape index (κ3) is 4.18. The molecule has 138 valence electrons. The standard InChI is InChI=1S/C20H24N2O3S/c1-13(16-6-4-3-5-7-16)22-19(24)18(26-20(22)25)12-15-8-10-17(11-9-15)21-14(2)23/h8-13,16H,3-7H2,1-2H3,(H,21,23). The number of nitrogens with one attached hydrogen (secondary N) is 1. The summed E-state index contributed by atoms with van der Waals surface area (Å²) in [6.07, 6.45) is 7.54. The molecule has 0 bridgehead atoms. The van der Waals surface area contributed by atoms with Crippen LogP contribution in [0, 0.1) is 5.92 Å². The van der Waals surface area contributed by atoms with E-state index in [0.717, 1.165) is 30.2 Å². The minimum atomic E-state index is -0.191. The number of nitrogens with zero attached hydrogens (tertiary/aromatic N) is 1. The van der Waals surface area contributed by atoms with Gasteiger partial charge in [0.2, 0.25) is 5.91 Å². The first kappa shape index (κ1) is 18.7.